The van der Waals surface area contributed by atoms with Crippen LogP contribution in [0.5, 0.6) is 0 Å². The largest absolute Gasteiger partial charge is 0.480 e. The fourth-order valence-corrected chi connectivity index (χ4v) is 0.334. The van der Waals surface area contributed by atoms with Gasteiger partial charge in [0.15, 0.2) is 0 Å². The standard InChI is InChI=1S/C6H9NO3/c1-3-5(8)7-4(2)6(9)10/h3-4H,1H2,2H3,(H,7,8)(H,9,10). The SMILES string of the molecule is C=CC(=O)NC(C)C(=O)O. The van der Waals surface area contributed by atoms with E-state index in [2.05, 4.69) is 11.9 Å². The second kappa shape index (κ2) is 3.66. The van der Waals surface area contributed by atoms with Crippen LogP contribution in [0, 0.1) is 0 Å². The molecule has 4 nitrogen and oxygen atoms in total. The van der Waals surface area contributed by atoms with Gasteiger partial charge in [0, 0.05) is 0 Å². The van der Waals surface area contributed by atoms with E-state index in [1.54, 1.807) is 0 Å². The van der Waals surface area contributed by atoms with Gasteiger partial charge in [-0.05, 0) is 13.0 Å². The van der Waals surface area contributed by atoms with Crippen molar-refractivity contribution in [3.05, 3.63) is 12.7 Å². The average Bonchev–Trinajstić information content (AvgIpc) is 1.87. The van der Waals surface area contributed by atoms with E-state index in [1.165, 1.54) is 6.92 Å². The number of amides is 1. The van der Waals surface area contributed by atoms with Gasteiger partial charge >= 0.3 is 5.97 Å². The summed E-state index contributed by atoms with van der Waals surface area (Å²) in [5, 5.41) is 10.4. The lowest BCUT2D eigenvalue weighted by Gasteiger charge is -2.04. The number of carbonyl (C=O) groups excluding carboxylic acids is 1. The van der Waals surface area contributed by atoms with Crippen molar-refractivity contribution in [2.24, 2.45) is 0 Å². The Morgan fingerprint density at radius 3 is 2.50 bits per heavy atom. The Morgan fingerprint density at radius 1 is 1.70 bits per heavy atom. The van der Waals surface area contributed by atoms with Gasteiger partial charge in [-0.2, -0.15) is 0 Å². The maximum Gasteiger partial charge on any atom is 0.325 e. The first-order valence-corrected chi connectivity index (χ1v) is 2.73. The summed E-state index contributed by atoms with van der Waals surface area (Å²) in [5.41, 5.74) is 0. The van der Waals surface area contributed by atoms with Crippen LogP contribution in [0.4, 0.5) is 0 Å². The quantitative estimate of drug-likeness (QED) is 0.536. The number of carboxylic acid groups (broad SMARTS) is 1. The van der Waals surface area contributed by atoms with Gasteiger partial charge in [0.05, 0.1) is 0 Å². The molecule has 1 amide bonds. The third-order valence-corrected chi connectivity index (χ3v) is 0.915. The zero-order chi connectivity index (χ0) is 8.15. The predicted molar refractivity (Wildman–Crippen MR) is 35.4 cm³/mol. The minimum absolute atomic E-state index is 0.477. The number of hydrogen-bond acceptors (Lipinski definition) is 2. The highest BCUT2D eigenvalue weighted by Crippen LogP contribution is 1.80. The highest BCUT2D eigenvalue weighted by molar-refractivity contribution is 5.90. The average molecular weight is 143 g/mol. The van der Waals surface area contributed by atoms with Crippen LogP contribution in [0.15, 0.2) is 12.7 Å². The maximum absolute atomic E-state index is 10.4. The molecule has 0 spiro atoms. The number of carbonyl (C=O) groups is 2. The molecule has 2 N–H and O–H groups in total. The molecule has 0 heterocycles. The molecule has 0 saturated carbocycles. The molecule has 0 rings (SSSR count). The van der Waals surface area contributed by atoms with Gasteiger partial charge in [0.2, 0.25) is 5.91 Å². The van der Waals surface area contributed by atoms with Crippen LogP contribution in [-0.2, 0) is 9.59 Å². The van der Waals surface area contributed by atoms with Crippen molar-refractivity contribution in [3.8, 4) is 0 Å². The Bertz CT molecular complexity index is 164. The Kier molecular flexibility index (Phi) is 3.17. The molecule has 0 aliphatic heterocycles. The summed E-state index contributed by atoms with van der Waals surface area (Å²) in [7, 11) is 0. The lowest BCUT2D eigenvalue weighted by molar-refractivity contribution is -0.140. The normalized spacial score (nSPS) is 11.7. The van der Waals surface area contributed by atoms with Crippen molar-refractivity contribution in [2.75, 3.05) is 0 Å². The molecule has 0 saturated heterocycles. The van der Waals surface area contributed by atoms with Gasteiger partial charge in [0.25, 0.3) is 0 Å². The third-order valence-electron chi connectivity index (χ3n) is 0.915. The molecule has 56 valence electrons. The Hall–Kier alpha value is -1.32. The number of hydrogen-bond donors (Lipinski definition) is 2. The van der Waals surface area contributed by atoms with Crippen molar-refractivity contribution in [1.82, 2.24) is 5.32 Å². The van der Waals surface area contributed by atoms with Crippen LogP contribution in [-0.4, -0.2) is 23.0 Å². The topological polar surface area (TPSA) is 66.4 Å². The van der Waals surface area contributed by atoms with Crippen LogP contribution in [0.3, 0.4) is 0 Å². The van der Waals surface area contributed by atoms with Gasteiger partial charge in [0.1, 0.15) is 6.04 Å². The van der Waals surface area contributed by atoms with E-state index in [1.807, 2.05) is 0 Å². The Labute approximate surface area is 58.5 Å². The van der Waals surface area contributed by atoms with Crippen LogP contribution < -0.4 is 5.32 Å². The molecule has 0 bridgehead atoms. The third kappa shape index (κ3) is 2.86. The van der Waals surface area contributed by atoms with E-state index in [4.69, 9.17) is 5.11 Å². The highest BCUT2D eigenvalue weighted by Gasteiger charge is 2.10. The number of aliphatic carboxylic acids is 1. The second-order valence-electron chi connectivity index (χ2n) is 1.77. The van der Waals surface area contributed by atoms with Crippen LogP contribution in [0.2, 0.25) is 0 Å². The molecule has 4 heteroatoms. The van der Waals surface area contributed by atoms with Crippen molar-refractivity contribution < 1.29 is 14.7 Å². The molecule has 0 aliphatic rings. The van der Waals surface area contributed by atoms with Crippen LogP contribution in [0.1, 0.15) is 6.92 Å². The minimum Gasteiger partial charge on any atom is -0.480 e. The summed E-state index contributed by atoms with van der Waals surface area (Å²) >= 11 is 0. The van der Waals surface area contributed by atoms with Crippen LogP contribution in [0.25, 0.3) is 0 Å². The minimum atomic E-state index is -1.06. The van der Waals surface area contributed by atoms with E-state index < -0.39 is 17.9 Å². The van der Waals surface area contributed by atoms with Crippen molar-refractivity contribution >= 4 is 11.9 Å². The molecule has 1 unspecified atom stereocenters. The lowest BCUT2D eigenvalue weighted by atomic mass is 10.3. The second-order valence-corrected chi connectivity index (χ2v) is 1.77. The van der Waals surface area contributed by atoms with Gasteiger partial charge in [-0.25, -0.2) is 0 Å². The molecular formula is C6H9NO3. The molecule has 0 aromatic carbocycles. The molecule has 0 aromatic rings. The van der Waals surface area contributed by atoms with Gasteiger partial charge < -0.3 is 10.4 Å². The first-order valence-electron chi connectivity index (χ1n) is 2.73. The van der Waals surface area contributed by atoms with Gasteiger partial charge in [-0.15, -0.1) is 0 Å². The molecule has 10 heavy (non-hydrogen) atoms. The monoisotopic (exact) mass is 143 g/mol. The van der Waals surface area contributed by atoms with Crippen LogP contribution >= 0.6 is 0 Å². The number of rotatable bonds is 3. The van der Waals surface area contributed by atoms with E-state index in [0.29, 0.717) is 0 Å². The Balaban J connectivity index is 3.79. The number of carboxylic acids is 1. The van der Waals surface area contributed by atoms with Gasteiger partial charge in [-0.3, -0.25) is 9.59 Å². The smallest absolute Gasteiger partial charge is 0.325 e. The first kappa shape index (κ1) is 8.68. The summed E-state index contributed by atoms with van der Waals surface area (Å²) in [4.78, 5) is 20.5. The van der Waals surface area contributed by atoms with Crippen molar-refractivity contribution in [2.45, 2.75) is 13.0 Å². The summed E-state index contributed by atoms with van der Waals surface area (Å²) in [5.74, 6) is -1.54. The fraction of sp³-hybridized carbons (Fsp3) is 0.333. The summed E-state index contributed by atoms with van der Waals surface area (Å²) < 4.78 is 0. The van der Waals surface area contributed by atoms with E-state index in [9.17, 15) is 9.59 Å². The summed E-state index contributed by atoms with van der Waals surface area (Å²) in [6.45, 7) is 4.55. The molecule has 0 aliphatic carbocycles. The highest BCUT2D eigenvalue weighted by atomic mass is 16.4. The maximum atomic E-state index is 10.4. The number of nitrogens with one attached hydrogen (secondary N) is 1. The van der Waals surface area contributed by atoms with E-state index in [0.717, 1.165) is 6.08 Å². The first-order chi connectivity index (χ1) is 4.57. The summed E-state index contributed by atoms with van der Waals surface area (Å²) in [6, 6.07) is -0.856. The fourth-order valence-electron chi connectivity index (χ4n) is 0.334. The molecule has 0 fully saturated rings. The van der Waals surface area contributed by atoms with Crippen molar-refractivity contribution in [1.29, 1.82) is 0 Å². The van der Waals surface area contributed by atoms with E-state index in [-0.39, 0.29) is 0 Å². The lowest BCUT2D eigenvalue weighted by Crippen LogP contribution is -2.37. The van der Waals surface area contributed by atoms with Gasteiger partial charge in [-0.1, -0.05) is 6.58 Å². The predicted octanol–water partition coefficient (Wildman–Crippen LogP) is -0.238. The molecule has 0 aromatic heterocycles. The van der Waals surface area contributed by atoms with E-state index >= 15 is 0 Å². The summed E-state index contributed by atoms with van der Waals surface area (Å²) in [6.07, 6.45) is 1.03. The molecule has 1 atom stereocenters. The van der Waals surface area contributed by atoms with Crippen molar-refractivity contribution in [3.63, 3.8) is 0 Å². The zero-order valence-electron chi connectivity index (χ0n) is 5.63. The Morgan fingerprint density at radius 2 is 2.20 bits per heavy atom. The molecular weight excluding hydrogens is 134 g/mol. The molecule has 0 radical (unpaired) electrons. The zero-order valence-corrected chi connectivity index (χ0v) is 5.63.